The summed E-state index contributed by atoms with van der Waals surface area (Å²) in [6.45, 7) is 3.35. The molecule has 0 aromatic carbocycles. The first kappa shape index (κ1) is 21.8. The van der Waals surface area contributed by atoms with Crippen LogP contribution in [0.4, 0.5) is 11.8 Å². The normalized spacial score (nSPS) is 15.6. The van der Waals surface area contributed by atoms with Crippen LogP contribution in [0.2, 0.25) is 0 Å². The number of nitrogens with zero attached hydrogens (tertiary/aromatic N) is 9. The molecular formula is C22H26N10O2. The van der Waals surface area contributed by atoms with Gasteiger partial charge in [-0.05, 0) is 18.6 Å². The second-order valence-electron chi connectivity index (χ2n) is 8.32. The summed E-state index contributed by atoms with van der Waals surface area (Å²) in [5.74, 6) is 1.16. The predicted octanol–water partition coefficient (Wildman–Crippen LogP) is 1.53. The van der Waals surface area contributed by atoms with Gasteiger partial charge in [-0.1, -0.05) is 0 Å². The quantitative estimate of drug-likeness (QED) is 0.439. The van der Waals surface area contributed by atoms with E-state index in [9.17, 15) is 4.79 Å². The summed E-state index contributed by atoms with van der Waals surface area (Å²) in [5.41, 5.74) is 3.86. The molecule has 0 bridgehead atoms. The van der Waals surface area contributed by atoms with Crippen LogP contribution in [0.25, 0.3) is 11.3 Å². The Bertz CT molecular complexity index is 1340. The summed E-state index contributed by atoms with van der Waals surface area (Å²) in [4.78, 5) is 25.9. The molecular weight excluding hydrogens is 436 g/mol. The number of fused-ring (bicyclic) bond motifs is 1. The predicted molar refractivity (Wildman–Crippen MR) is 123 cm³/mol. The highest BCUT2D eigenvalue weighted by atomic mass is 16.5. The van der Waals surface area contributed by atoms with Crippen LogP contribution in [0.5, 0.6) is 0 Å². The highest BCUT2D eigenvalue weighted by molar-refractivity contribution is 5.95. The topological polar surface area (TPSA) is 121 Å². The number of carbonyl (C=O) groups excluding carboxylic acids is 1. The molecule has 5 rings (SSSR count). The number of anilines is 2. The number of aromatic nitrogens is 8. The summed E-state index contributed by atoms with van der Waals surface area (Å²) in [7, 11) is 5.24. The Hall–Kier alpha value is -4.06. The molecule has 176 valence electrons. The fraction of sp³-hybridized carbons (Fsp3) is 0.364. The Morgan fingerprint density at radius 2 is 2.09 bits per heavy atom. The average Bonchev–Trinajstić information content (AvgIpc) is 3.53. The van der Waals surface area contributed by atoms with Crippen molar-refractivity contribution in [2.45, 2.75) is 26.1 Å². The Labute approximate surface area is 196 Å². The van der Waals surface area contributed by atoms with Crippen LogP contribution in [-0.2, 0) is 31.9 Å². The summed E-state index contributed by atoms with van der Waals surface area (Å²) >= 11 is 0. The van der Waals surface area contributed by atoms with Crippen LogP contribution in [0.15, 0.2) is 36.9 Å². The lowest BCUT2D eigenvalue weighted by Crippen LogP contribution is -2.49. The van der Waals surface area contributed by atoms with Gasteiger partial charge in [0.2, 0.25) is 5.95 Å². The van der Waals surface area contributed by atoms with Crippen LogP contribution in [0, 0.1) is 6.92 Å². The first-order valence-electron chi connectivity index (χ1n) is 10.9. The second kappa shape index (κ2) is 8.71. The minimum Gasteiger partial charge on any atom is -0.382 e. The summed E-state index contributed by atoms with van der Waals surface area (Å²) in [5, 5.41) is 15.8. The molecule has 0 spiro atoms. The van der Waals surface area contributed by atoms with Crippen molar-refractivity contribution in [1.82, 2.24) is 44.2 Å². The summed E-state index contributed by atoms with van der Waals surface area (Å²) in [6.07, 6.45) is 7.12. The van der Waals surface area contributed by atoms with Crippen molar-refractivity contribution in [3.8, 4) is 11.3 Å². The lowest BCUT2D eigenvalue weighted by molar-refractivity contribution is 0.0384. The van der Waals surface area contributed by atoms with Crippen LogP contribution in [0.1, 0.15) is 21.7 Å². The van der Waals surface area contributed by atoms with Crippen LogP contribution in [0.3, 0.4) is 0 Å². The van der Waals surface area contributed by atoms with Gasteiger partial charge >= 0.3 is 0 Å². The number of aryl methyl sites for hydroxylation is 3. The van der Waals surface area contributed by atoms with E-state index in [2.05, 4.69) is 25.6 Å². The number of amides is 1. The highest BCUT2D eigenvalue weighted by Gasteiger charge is 2.34. The summed E-state index contributed by atoms with van der Waals surface area (Å²) < 4.78 is 9.10. The number of carbonyl (C=O) groups is 1. The van der Waals surface area contributed by atoms with E-state index >= 15 is 0 Å². The fourth-order valence-corrected chi connectivity index (χ4v) is 4.18. The SMILES string of the molecule is COC[C@H]1Cn2cc(-c3nc(Nc4ccnn4C)ncc3C)cc2C(=O)N1Cc1cnn(C)n1. The number of nitrogens with one attached hydrogen (secondary N) is 1. The molecule has 1 aliphatic rings. The van der Waals surface area contributed by atoms with Gasteiger partial charge in [0, 0.05) is 51.8 Å². The van der Waals surface area contributed by atoms with E-state index in [0.29, 0.717) is 31.3 Å². The molecule has 1 N–H and O–H groups in total. The molecule has 1 atom stereocenters. The first-order chi connectivity index (χ1) is 16.4. The number of methoxy groups -OCH3 is 1. The van der Waals surface area contributed by atoms with Gasteiger partial charge in [0.15, 0.2) is 0 Å². The molecule has 1 aliphatic heterocycles. The first-order valence-corrected chi connectivity index (χ1v) is 10.9. The molecule has 4 aromatic rings. The van der Waals surface area contributed by atoms with Crippen LogP contribution in [-0.4, -0.2) is 69.9 Å². The van der Waals surface area contributed by atoms with Crippen LogP contribution >= 0.6 is 0 Å². The Morgan fingerprint density at radius 3 is 2.79 bits per heavy atom. The Morgan fingerprint density at radius 1 is 1.24 bits per heavy atom. The average molecular weight is 463 g/mol. The minimum atomic E-state index is -0.124. The van der Waals surface area contributed by atoms with E-state index in [1.54, 1.807) is 42.3 Å². The van der Waals surface area contributed by atoms with E-state index in [4.69, 9.17) is 9.72 Å². The molecule has 5 heterocycles. The monoisotopic (exact) mass is 462 g/mol. The maximum Gasteiger partial charge on any atom is 0.271 e. The molecule has 0 fully saturated rings. The number of hydrogen-bond donors (Lipinski definition) is 1. The number of rotatable bonds is 7. The van der Waals surface area contributed by atoms with E-state index < -0.39 is 0 Å². The maximum absolute atomic E-state index is 13.5. The third-order valence-electron chi connectivity index (χ3n) is 5.87. The van der Waals surface area contributed by atoms with Gasteiger partial charge in [0.25, 0.3) is 5.91 Å². The largest absolute Gasteiger partial charge is 0.382 e. The van der Waals surface area contributed by atoms with E-state index in [0.717, 1.165) is 28.3 Å². The van der Waals surface area contributed by atoms with Crippen molar-refractivity contribution in [2.24, 2.45) is 14.1 Å². The molecule has 0 aliphatic carbocycles. The maximum atomic E-state index is 13.5. The van der Waals surface area contributed by atoms with Gasteiger partial charge in [0.05, 0.1) is 37.3 Å². The van der Waals surface area contributed by atoms with Gasteiger partial charge in [-0.2, -0.15) is 20.1 Å². The molecule has 0 unspecified atom stereocenters. The number of hydrogen-bond acceptors (Lipinski definition) is 8. The lowest BCUT2D eigenvalue weighted by atomic mass is 10.1. The Kier molecular flexibility index (Phi) is 5.57. The van der Waals surface area contributed by atoms with Gasteiger partial charge in [0.1, 0.15) is 17.2 Å². The fourth-order valence-electron chi connectivity index (χ4n) is 4.18. The van der Waals surface area contributed by atoms with Crippen molar-refractivity contribution in [3.05, 3.63) is 53.9 Å². The second-order valence-corrected chi connectivity index (χ2v) is 8.32. The molecule has 1 amide bonds. The van der Waals surface area contributed by atoms with E-state index in [-0.39, 0.29) is 11.9 Å². The van der Waals surface area contributed by atoms with E-state index in [1.807, 2.05) is 36.9 Å². The molecule has 12 nitrogen and oxygen atoms in total. The molecule has 12 heteroatoms. The highest BCUT2D eigenvalue weighted by Crippen LogP contribution is 2.29. The zero-order valence-electron chi connectivity index (χ0n) is 19.5. The smallest absolute Gasteiger partial charge is 0.271 e. The van der Waals surface area contributed by atoms with Crippen molar-refractivity contribution in [2.75, 3.05) is 19.0 Å². The van der Waals surface area contributed by atoms with Crippen molar-refractivity contribution >= 4 is 17.7 Å². The minimum absolute atomic E-state index is 0.0786. The van der Waals surface area contributed by atoms with Gasteiger partial charge in [-0.3, -0.25) is 9.48 Å². The van der Waals surface area contributed by atoms with Crippen molar-refractivity contribution < 1.29 is 9.53 Å². The van der Waals surface area contributed by atoms with Gasteiger partial charge in [-0.25, -0.2) is 9.97 Å². The summed E-state index contributed by atoms with van der Waals surface area (Å²) in [6, 6.07) is 3.61. The number of ether oxygens (including phenoxy) is 1. The standard InChI is InChI=1S/C22H26N10O2/c1-14-8-23-22(26-19-5-6-24-29(19)2)27-20(14)15-7-18-21(33)32(11-16-9-25-30(3)28-16)17(13-34-4)12-31(18)10-15/h5-10,17H,11-13H2,1-4H3,(H,23,26,27)/t17-/m1/s1. The molecule has 0 radical (unpaired) electrons. The molecule has 4 aromatic heterocycles. The van der Waals surface area contributed by atoms with Crippen molar-refractivity contribution in [1.29, 1.82) is 0 Å². The van der Waals surface area contributed by atoms with E-state index in [1.165, 1.54) is 4.80 Å². The molecule has 34 heavy (non-hydrogen) atoms. The van der Waals surface area contributed by atoms with Gasteiger partial charge in [-0.15, -0.1) is 0 Å². The van der Waals surface area contributed by atoms with Crippen molar-refractivity contribution in [3.63, 3.8) is 0 Å². The molecule has 0 saturated carbocycles. The third kappa shape index (κ3) is 4.03. The molecule has 0 saturated heterocycles. The van der Waals surface area contributed by atoms with Crippen LogP contribution < -0.4 is 5.32 Å². The van der Waals surface area contributed by atoms with Gasteiger partial charge < -0.3 is 19.5 Å². The lowest BCUT2D eigenvalue weighted by Gasteiger charge is -2.35. The third-order valence-corrected chi connectivity index (χ3v) is 5.87. The Balaban J connectivity index is 1.46. The zero-order chi connectivity index (χ0) is 23.8. The zero-order valence-corrected chi connectivity index (χ0v) is 19.5.